The predicted octanol–water partition coefficient (Wildman–Crippen LogP) is 6.19. The Balaban J connectivity index is 1.33. The summed E-state index contributed by atoms with van der Waals surface area (Å²) in [5.41, 5.74) is 5.09. The van der Waals surface area contributed by atoms with Crippen molar-refractivity contribution in [1.82, 2.24) is 15.1 Å². The van der Waals surface area contributed by atoms with Gasteiger partial charge < -0.3 is 20.2 Å². The standard InChI is InChI=1S/C36H40N4O5/c1-3-31-34(33(32(35(42)43)26(2)37-31)27-15-17-30(18-16-27)40(44)45)39(25-41)22-10-21-38-23-19-36(20-24-38,28-11-6-4-7-12-28)29-13-8-5-9-14-29/h4-9,11-18,25,33,37H,3,10,19-24H2,1-2H3,(H,42,43). The minimum absolute atomic E-state index is 0.0438. The molecule has 2 heterocycles. The predicted molar refractivity (Wildman–Crippen MR) is 173 cm³/mol. The van der Waals surface area contributed by atoms with Gasteiger partial charge in [-0.1, -0.05) is 79.7 Å². The number of carbonyl (C=O) groups excluding carboxylic acids is 1. The number of dihydropyridines is 1. The maximum atomic E-state index is 12.6. The molecule has 3 aromatic rings. The molecule has 0 bridgehead atoms. The number of non-ortho nitro benzene ring substituents is 1. The van der Waals surface area contributed by atoms with Crippen molar-refractivity contribution in [1.29, 1.82) is 0 Å². The van der Waals surface area contributed by atoms with E-state index in [1.54, 1.807) is 24.0 Å². The van der Waals surface area contributed by atoms with Gasteiger partial charge in [-0.2, -0.15) is 0 Å². The average Bonchev–Trinajstić information content (AvgIpc) is 3.07. The molecule has 2 aliphatic heterocycles. The van der Waals surface area contributed by atoms with Gasteiger partial charge >= 0.3 is 5.97 Å². The number of benzene rings is 3. The second-order valence-corrected chi connectivity index (χ2v) is 11.8. The summed E-state index contributed by atoms with van der Waals surface area (Å²) in [5, 5.41) is 24.7. The first-order valence-corrected chi connectivity index (χ1v) is 15.5. The van der Waals surface area contributed by atoms with Gasteiger partial charge in [0.1, 0.15) is 0 Å². The van der Waals surface area contributed by atoms with Crippen LogP contribution >= 0.6 is 0 Å². The number of nitro benzene ring substituents is 1. The van der Waals surface area contributed by atoms with Crippen molar-refractivity contribution in [2.75, 3.05) is 26.2 Å². The summed E-state index contributed by atoms with van der Waals surface area (Å²) in [6, 6.07) is 27.4. The van der Waals surface area contributed by atoms with Crippen LogP contribution in [0.2, 0.25) is 0 Å². The number of nitrogens with one attached hydrogen (secondary N) is 1. The van der Waals surface area contributed by atoms with Gasteiger partial charge in [0.05, 0.1) is 22.1 Å². The lowest BCUT2D eigenvalue weighted by molar-refractivity contribution is -0.384. The van der Waals surface area contributed by atoms with Crippen LogP contribution in [0, 0.1) is 10.1 Å². The van der Waals surface area contributed by atoms with Crippen molar-refractivity contribution in [3.05, 3.63) is 134 Å². The molecule has 45 heavy (non-hydrogen) atoms. The highest BCUT2D eigenvalue weighted by Gasteiger charge is 2.39. The van der Waals surface area contributed by atoms with Crippen LogP contribution in [0.5, 0.6) is 0 Å². The van der Waals surface area contributed by atoms with Crippen molar-refractivity contribution in [2.24, 2.45) is 0 Å². The van der Waals surface area contributed by atoms with Gasteiger partial charge in [0.25, 0.3) is 5.69 Å². The quantitative estimate of drug-likeness (QED) is 0.143. The van der Waals surface area contributed by atoms with Gasteiger partial charge in [-0.15, -0.1) is 0 Å². The fourth-order valence-electron chi connectivity index (χ4n) is 7.00. The first-order valence-electron chi connectivity index (χ1n) is 15.5. The first-order chi connectivity index (χ1) is 21.8. The van der Waals surface area contributed by atoms with E-state index in [2.05, 4.69) is 70.9 Å². The van der Waals surface area contributed by atoms with E-state index in [1.807, 2.05) is 6.92 Å². The third-order valence-corrected chi connectivity index (χ3v) is 9.31. The SMILES string of the molecule is CCC1=C(N(C=O)CCCN2CCC(c3ccccc3)(c3ccccc3)CC2)C(c2ccc([N+](=O)[O-])cc2)C(C(=O)O)=C(C)N1. The lowest BCUT2D eigenvalue weighted by atomic mass is 9.68. The molecule has 0 aromatic heterocycles. The summed E-state index contributed by atoms with van der Waals surface area (Å²) in [5.74, 6) is -1.85. The Bertz CT molecular complexity index is 1540. The maximum Gasteiger partial charge on any atom is 0.334 e. The molecule has 1 atom stereocenters. The van der Waals surface area contributed by atoms with E-state index in [1.165, 1.54) is 23.3 Å². The molecule has 9 nitrogen and oxygen atoms in total. The molecule has 3 aromatic carbocycles. The third kappa shape index (κ3) is 6.54. The summed E-state index contributed by atoms with van der Waals surface area (Å²) >= 11 is 0. The van der Waals surface area contributed by atoms with E-state index in [4.69, 9.17) is 0 Å². The molecule has 9 heteroatoms. The van der Waals surface area contributed by atoms with E-state index < -0.39 is 16.8 Å². The van der Waals surface area contributed by atoms with Gasteiger partial charge in [-0.05, 0) is 68.9 Å². The van der Waals surface area contributed by atoms with E-state index in [0.29, 0.717) is 36.3 Å². The van der Waals surface area contributed by atoms with Gasteiger partial charge in [0, 0.05) is 35.5 Å². The van der Waals surface area contributed by atoms with Gasteiger partial charge in [-0.25, -0.2) is 4.79 Å². The smallest absolute Gasteiger partial charge is 0.334 e. The number of hydrogen-bond donors (Lipinski definition) is 2. The third-order valence-electron chi connectivity index (χ3n) is 9.31. The minimum atomic E-state index is -1.10. The van der Waals surface area contributed by atoms with Crippen LogP contribution in [-0.4, -0.2) is 58.4 Å². The molecule has 0 radical (unpaired) electrons. The Hall–Kier alpha value is -4.76. The Morgan fingerprint density at radius 1 is 1.02 bits per heavy atom. The summed E-state index contributed by atoms with van der Waals surface area (Å²) in [7, 11) is 0. The van der Waals surface area contributed by atoms with Crippen LogP contribution in [0.1, 0.15) is 62.1 Å². The largest absolute Gasteiger partial charge is 0.478 e. The zero-order valence-electron chi connectivity index (χ0n) is 25.8. The molecule has 2 N–H and O–H groups in total. The highest BCUT2D eigenvalue weighted by Crippen LogP contribution is 2.43. The van der Waals surface area contributed by atoms with Gasteiger partial charge in [0.15, 0.2) is 0 Å². The first kappa shape index (κ1) is 31.7. The number of hydrogen-bond acceptors (Lipinski definition) is 6. The van der Waals surface area contributed by atoms with Crippen molar-refractivity contribution >= 4 is 18.1 Å². The molecular formula is C36H40N4O5. The molecule has 1 fully saturated rings. The number of allylic oxidation sites excluding steroid dienone is 3. The van der Waals surface area contributed by atoms with Gasteiger partial charge in [0.2, 0.25) is 6.41 Å². The molecule has 234 valence electrons. The highest BCUT2D eigenvalue weighted by molar-refractivity contribution is 5.91. The van der Waals surface area contributed by atoms with Crippen LogP contribution < -0.4 is 5.32 Å². The van der Waals surface area contributed by atoms with Crippen molar-refractivity contribution in [3.63, 3.8) is 0 Å². The number of likely N-dealkylation sites (tertiary alicyclic amines) is 1. The zero-order chi connectivity index (χ0) is 32.0. The molecular weight excluding hydrogens is 568 g/mol. The summed E-state index contributed by atoms with van der Waals surface area (Å²) in [6.45, 7) is 6.72. The number of aliphatic carboxylic acids is 1. The van der Waals surface area contributed by atoms with Crippen LogP contribution in [0.4, 0.5) is 5.69 Å². The van der Waals surface area contributed by atoms with Crippen molar-refractivity contribution < 1.29 is 19.6 Å². The molecule has 0 spiro atoms. The Kier molecular flexibility index (Phi) is 9.78. The fourth-order valence-corrected chi connectivity index (χ4v) is 7.00. The Morgan fingerprint density at radius 3 is 2.09 bits per heavy atom. The second kappa shape index (κ2) is 13.9. The maximum absolute atomic E-state index is 12.6. The second-order valence-electron chi connectivity index (χ2n) is 11.8. The lowest BCUT2D eigenvalue weighted by Gasteiger charge is -2.43. The monoisotopic (exact) mass is 608 g/mol. The lowest BCUT2D eigenvalue weighted by Crippen LogP contribution is -2.44. The molecule has 0 saturated carbocycles. The van der Waals surface area contributed by atoms with E-state index in [-0.39, 0.29) is 16.7 Å². The minimum Gasteiger partial charge on any atom is -0.478 e. The van der Waals surface area contributed by atoms with E-state index >= 15 is 0 Å². The molecule has 5 rings (SSSR count). The molecule has 0 aliphatic carbocycles. The van der Waals surface area contributed by atoms with E-state index in [0.717, 1.165) is 44.6 Å². The Morgan fingerprint density at radius 2 is 1.60 bits per heavy atom. The molecule has 1 saturated heterocycles. The number of amides is 1. The van der Waals surface area contributed by atoms with E-state index in [9.17, 15) is 24.8 Å². The molecule has 1 unspecified atom stereocenters. The van der Waals surface area contributed by atoms with Crippen LogP contribution in [0.25, 0.3) is 0 Å². The van der Waals surface area contributed by atoms with Crippen LogP contribution in [-0.2, 0) is 15.0 Å². The molecule has 1 amide bonds. The van der Waals surface area contributed by atoms with Crippen molar-refractivity contribution in [3.8, 4) is 0 Å². The van der Waals surface area contributed by atoms with Gasteiger partial charge in [-0.3, -0.25) is 14.9 Å². The summed E-state index contributed by atoms with van der Waals surface area (Å²) in [6.07, 6.45) is 4.02. The topological polar surface area (TPSA) is 116 Å². The Labute approximate surface area is 264 Å². The number of piperidine rings is 1. The fraction of sp³-hybridized carbons (Fsp3) is 0.333. The van der Waals surface area contributed by atoms with Crippen LogP contribution in [0.3, 0.4) is 0 Å². The molecule has 2 aliphatic rings. The van der Waals surface area contributed by atoms with Crippen molar-refractivity contribution in [2.45, 2.75) is 50.9 Å². The zero-order valence-corrected chi connectivity index (χ0v) is 25.8. The highest BCUT2D eigenvalue weighted by atomic mass is 16.6. The van der Waals surface area contributed by atoms with Crippen LogP contribution in [0.15, 0.2) is 108 Å². The summed E-state index contributed by atoms with van der Waals surface area (Å²) < 4.78 is 0. The number of carbonyl (C=O) groups is 2. The number of carboxylic acids is 1. The number of nitrogens with zero attached hydrogens (tertiary/aromatic N) is 3. The number of rotatable bonds is 12. The average molecular weight is 609 g/mol. The number of carboxylic acid groups (broad SMARTS) is 1. The summed E-state index contributed by atoms with van der Waals surface area (Å²) in [4.78, 5) is 40.0. The number of nitro groups is 1. The normalized spacial score (nSPS) is 18.3.